The Hall–Kier alpha value is -8.37. The molecule has 0 saturated heterocycles. The van der Waals surface area contributed by atoms with Crippen molar-refractivity contribution >= 4 is 78.6 Å². The lowest BCUT2D eigenvalue weighted by Crippen LogP contribution is -2.49. The van der Waals surface area contributed by atoms with Crippen molar-refractivity contribution in [1.29, 1.82) is 0 Å². The molecule has 0 bridgehead atoms. The van der Waals surface area contributed by atoms with Crippen molar-refractivity contribution in [2.45, 2.75) is 81.8 Å². The number of H-pyrrole nitrogens is 1. The summed E-state index contributed by atoms with van der Waals surface area (Å²) < 4.78 is 68.7. The molecule has 25 nitrogen and oxygen atoms in total. The number of carbonyl (C=O) groups excluding carboxylic acids is 4. The number of hydrazone groups is 1. The number of fused-ring (bicyclic) bond motifs is 1. The highest BCUT2D eigenvalue weighted by Crippen LogP contribution is 2.22. The number of sulfonamides is 1. The van der Waals surface area contributed by atoms with Gasteiger partial charge in [-0.1, -0.05) is 42.0 Å². The normalized spacial score (nSPS) is 12.0. The van der Waals surface area contributed by atoms with Crippen LogP contribution in [-0.4, -0.2) is 127 Å². The highest BCUT2D eigenvalue weighted by atomic mass is 32.2. The third-order valence-electron chi connectivity index (χ3n) is 11.9. The average Bonchev–Trinajstić information content (AvgIpc) is 4.02. The molecule has 10 N–H and O–H groups in total. The molecule has 0 saturated carbocycles. The number of imidazole rings is 1. The van der Waals surface area contributed by atoms with Gasteiger partial charge in [0.05, 0.1) is 22.2 Å². The van der Waals surface area contributed by atoms with Gasteiger partial charge >= 0.3 is 5.97 Å². The number of ether oxygens (including phenoxy) is 1. The quantitative estimate of drug-likeness (QED) is 0.0134. The molecule has 79 heavy (non-hydrogen) atoms. The van der Waals surface area contributed by atoms with Crippen LogP contribution in [0.25, 0.3) is 10.9 Å². The van der Waals surface area contributed by atoms with E-state index in [1.54, 1.807) is 74.1 Å². The topological polar surface area (TPSA) is 363 Å². The Labute approximate surface area is 455 Å². The van der Waals surface area contributed by atoms with Crippen LogP contribution in [0.4, 0.5) is 11.8 Å². The second-order valence-corrected chi connectivity index (χ2v) is 21.1. The monoisotopic (exact) mass is 1130 g/mol. The maximum absolute atomic E-state index is 13.8. The van der Waals surface area contributed by atoms with Crippen LogP contribution in [0.5, 0.6) is 0 Å². The second-order valence-electron chi connectivity index (χ2n) is 18.1. The van der Waals surface area contributed by atoms with E-state index < -0.39 is 50.0 Å². The largest absolute Gasteiger partial charge is 0.480 e. The van der Waals surface area contributed by atoms with Crippen LogP contribution in [0, 0.1) is 20.8 Å². The molecule has 0 aliphatic heterocycles. The molecule has 6 aromatic rings. The zero-order valence-corrected chi connectivity index (χ0v) is 45.1. The summed E-state index contributed by atoms with van der Waals surface area (Å²) in [6.07, 6.45) is 8.38. The van der Waals surface area contributed by atoms with Crippen LogP contribution in [0.1, 0.15) is 80.6 Å². The molecule has 1 atom stereocenters. The van der Waals surface area contributed by atoms with E-state index >= 15 is 0 Å². The van der Waals surface area contributed by atoms with E-state index in [1.165, 1.54) is 48.9 Å². The lowest BCUT2D eigenvalue weighted by atomic mass is 10.1. The Morgan fingerprint density at radius 1 is 0.823 bits per heavy atom. The second kappa shape index (κ2) is 28.3. The van der Waals surface area contributed by atoms with Gasteiger partial charge in [0.2, 0.25) is 27.3 Å². The van der Waals surface area contributed by atoms with Crippen molar-refractivity contribution in [2.75, 3.05) is 50.1 Å². The van der Waals surface area contributed by atoms with E-state index in [2.05, 4.69) is 56.8 Å². The minimum Gasteiger partial charge on any atom is -0.480 e. The minimum atomic E-state index is -4.43. The van der Waals surface area contributed by atoms with Gasteiger partial charge in [0.1, 0.15) is 22.3 Å². The maximum Gasteiger partial charge on any atom is 0.323 e. The molecule has 0 aliphatic rings. The van der Waals surface area contributed by atoms with E-state index in [9.17, 15) is 55.3 Å². The third-order valence-corrected chi connectivity index (χ3v) is 14.6. The molecule has 0 fully saturated rings. The number of aryl methyl sites for hydroxylation is 4. The number of rotatable bonds is 30. The Bertz CT molecular complexity index is 3440. The number of carbonyl (C=O) groups is 5. The summed E-state index contributed by atoms with van der Waals surface area (Å²) in [6.45, 7) is 6.39. The van der Waals surface area contributed by atoms with Gasteiger partial charge in [-0.05, 0) is 87.1 Å². The first-order chi connectivity index (χ1) is 37.7. The molecule has 420 valence electrons. The number of hydrogen-bond donors (Lipinski definition) is 10. The van der Waals surface area contributed by atoms with E-state index in [-0.39, 0.29) is 75.8 Å². The van der Waals surface area contributed by atoms with Crippen LogP contribution < -0.4 is 42.2 Å². The number of carboxylic acid groups (broad SMARTS) is 1. The number of nitrogens with one attached hydrogen (secondary N) is 8. The molecular weight excluding hydrogens is 1060 g/mol. The fourth-order valence-corrected chi connectivity index (χ4v) is 10.5. The van der Waals surface area contributed by atoms with Crippen LogP contribution in [0.2, 0.25) is 0 Å². The molecule has 3 heterocycles. The Balaban J connectivity index is 0.903. The predicted octanol–water partition coefficient (Wildman–Crippen LogP) is 3.14. The van der Waals surface area contributed by atoms with E-state index in [1.807, 2.05) is 0 Å². The number of aromatic amines is 1. The van der Waals surface area contributed by atoms with Gasteiger partial charge in [-0.3, -0.25) is 38.7 Å². The smallest absolute Gasteiger partial charge is 0.323 e. The summed E-state index contributed by atoms with van der Waals surface area (Å²) in [5.74, 6) is -2.70. The highest BCUT2D eigenvalue weighted by molar-refractivity contribution is 7.89. The number of carboxylic acids is 1. The Kier molecular flexibility index (Phi) is 21.5. The molecule has 0 aliphatic carbocycles. The zero-order chi connectivity index (χ0) is 57.1. The summed E-state index contributed by atoms with van der Waals surface area (Å²) in [5, 5.41) is 28.0. The minimum absolute atomic E-state index is 0.0587. The molecule has 4 amide bonds. The molecule has 0 spiro atoms. The van der Waals surface area contributed by atoms with E-state index in [0.29, 0.717) is 80.3 Å². The predicted molar refractivity (Wildman–Crippen MR) is 293 cm³/mol. The number of nitrogens with zero attached hydrogens (tertiary/aromatic N) is 4. The van der Waals surface area contributed by atoms with Crippen molar-refractivity contribution in [3.05, 3.63) is 141 Å². The van der Waals surface area contributed by atoms with Crippen LogP contribution in [-0.2, 0) is 52.4 Å². The molecular formula is C52H62N12O13S2. The van der Waals surface area contributed by atoms with Gasteiger partial charge in [-0.15, -0.1) is 0 Å². The number of hydrogen-bond acceptors (Lipinski definition) is 16. The molecule has 3 aromatic heterocycles. The number of anilines is 2. The molecule has 27 heteroatoms. The summed E-state index contributed by atoms with van der Waals surface area (Å²) >= 11 is 0. The van der Waals surface area contributed by atoms with Crippen molar-refractivity contribution in [3.63, 3.8) is 0 Å². The van der Waals surface area contributed by atoms with Gasteiger partial charge in [0.15, 0.2) is 5.95 Å². The van der Waals surface area contributed by atoms with Gasteiger partial charge in [-0.2, -0.15) is 18.2 Å². The molecule has 0 unspecified atom stereocenters. The first-order valence-corrected chi connectivity index (χ1v) is 27.8. The number of pyridine rings is 2. The summed E-state index contributed by atoms with van der Waals surface area (Å²) in [5.41, 5.74) is 5.04. The van der Waals surface area contributed by atoms with Crippen molar-refractivity contribution in [2.24, 2.45) is 5.10 Å². The zero-order valence-electron chi connectivity index (χ0n) is 43.5. The van der Waals surface area contributed by atoms with Gasteiger partial charge in [0.25, 0.3) is 21.9 Å². The molecule has 3 aromatic carbocycles. The van der Waals surface area contributed by atoms with Crippen LogP contribution in [0.3, 0.4) is 0 Å². The highest BCUT2D eigenvalue weighted by Gasteiger charge is 2.29. The Morgan fingerprint density at radius 2 is 1.51 bits per heavy atom. The van der Waals surface area contributed by atoms with E-state index in [0.717, 1.165) is 11.1 Å². The maximum atomic E-state index is 13.8. The van der Waals surface area contributed by atoms with Gasteiger partial charge in [0, 0.05) is 101 Å². The standard InChI is InChI=1S/C52H62N12O13S2/c1-33-25-34(2)48(35(3)26-33)78(72,73)63-41(51(70)71)31-59-50(69)40-32-64(42-27-36(11-13-39(42)47(40)67)28-60-52-56-20-21-57-52)22-6-17-53-45(65)15-16-46(66)54-18-7-23-77-24-8-19-55-49(68)38-12-14-44(58-29-38)62-61-30-37-9-4-5-10-43(37)79(74,75)76/h4-5,9-14,20-21,25-27,29-30,32,41,63H,6-8,15-19,22-24,28,31H2,1-3H3,(H,53,65)(H,54,66)(H,55,68)(H,58,62)(H,59,69)(H,70,71)(H2,56,57,60)(H,74,75,76)/b61-30+/t41-/m0/s1. The Morgan fingerprint density at radius 3 is 2.15 bits per heavy atom. The molecule has 6 rings (SSSR count). The lowest BCUT2D eigenvalue weighted by Gasteiger charge is -2.19. The summed E-state index contributed by atoms with van der Waals surface area (Å²) in [4.78, 5) is 88.4. The number of aliphatic carboxylic acids is 1. The van der Waals surface area contributed by atoms with Crippen molar-refractivity contribution in [3.8, 4) is 0 Å². The van der Waals surface area contributed by atoms with Crippen LogP contribution >= 0.6 is 0 Å². The van der Waals surface area contributed by atoms with E-state index in [4.69, 9.17) is 4.74 Å². The first-order valence-electron chi connectivity index (χ1n) is 24.9. The van der Waals surface area contributed by atoms with Gasteiger partial charge < -0.3 is 46.0 Å². The summed E-state index contributed by atoms with van der Waals surface area (Å²) in [7, 11) is -8.78. The summed E-state index contributed by atoms with van der Waals surface area (Å²) in [6, 6.07) is 15.4. The van der Waals surface area contributed by atoms with Crippen LogP contribution in [0.15, 0.2) is 111 Å². The third kappa shape index (κ3) is 17.8. The SMILES string of the molecule is Cc1cc(C)c(S(=O)(=O)N[C@@H](CNC(=O)c2cn(CCCNC(=O)CCC(=O)NCCCOCCCNC(=O)c3ccc(N/N=C/c4ccccc4S(=O)(=O)O)nc3)c3cc(CNc4ncc[nH]4)ccc3c2=O)C(=O)O)c(C)c1. The number of benzene rings is 3. The first kappa shape index (κ1) is 59.9. The fraction of sp³-hybridized carbons (Fsp3) is 0.327. The lowest BCUT2D eigenvalue weighted by molar-refractivity contribution is -0.138. The number of aromatic nitrogens is 4. The molecule has 0 radical (unpaired) electrons. The van der Waals surface area contributed by atoms with Gasteiger partial charge in [-0.25, -0.2) is 18.4 Å². The fourth-order valence-electron chi connectivity index (χ4n) is 8.19. The van der Waals surface area contributed by atoms with Crippen molar-refractivity contribution < 1.29 is 55.2 Å². The average molecular weight is 1130 g/mol. The number of amides is 4. The van der Waals surface area contributed by atoms with Crippen molar-refractivity contribution in [1.82, 2.24) is 45.5 Å².